The lowest BCUT2D eigenvalue weighted by atomic mass is 10.0. The van der Waals surface area contributed by atoms with E-state index in [1.54, 1.807) is 0 Å². The molecule has 0 unspecified atom stereocenters. The van der Waals surface area contributed by atoms with E-state index < -0.39 is 0 Å². The molecule has 1 aliphatic heterocycles. The van der Waals surface area contributed by atoms with Gasteiger partial charge in [0.15, 0.2) is 6.29 Å². The van der Waals surface area contributed by atoms with Gasteiger partial charge >= 0.3 is 0 Å². The molecule has 1 heterocycles. The molecule has 0 spiro atoms. The lowest BCUT2D eigenvalue weighted by Gasteiger charge is -2.19. The summed E-state index contributed by atoms with van der Waals surface area (Å²) in [5.41, 5.74) is 5.83. The quantitative estimate of drug-likeness (QED) is 0.660. The Morgan fingerprint density at radius 1 is 1.36 bits per heavy atom. The molecule has 1 saturated heterocycles. The van der Waals surface area contributed by atoms with Crippen LogP contribution < -0.4 is 5.73 Å². The molecule has 0 aliphatic carbocycles. The fourth-order valence-electron chi connectivity index (χ4n) is 1.28. The summed E-state index contributed by atoms with van der Waals surface area (Å²) < 4.78 is 10.5. The first-order valence-electron chi connectivity index (χ1n) is 4.19. The monoisotopic (exact) mass is 159 g/mol. The summed E-state index contributed by atoms with van der Waals surface area (Å²) in [5, 5.41) is 0. The van der Waals surface area contributed by atoms with Crippen molar-refractivity contribution in [2.45, 2.75) is 32.6 Å². The van der Waals surface area contributed by atoms with Crippen molar-refractivity contribution >= 4 is 0 Å². The predicted octanol–water partition coefficient (Wildman–Crippen LogP) is 0.733. The van der Waals surface area contributed by atoms with Gasteiger partial charge in [-0.15, -0.1) is 0 Å². The van der Waals surface area contributed by atoms with Gasteiger partial charge < -0.3 is 15.2 Å². The SMILES string of the molecule is CC(C)C[C@H](N)C1OCCO1. The highest BCUT2D eigenvalue weighted by molar-refractivity contribution is 4.70. The van der Waals surface area contributed by atoms with Crippen LogP contribution in [0.4, 0.5) is 0 Å². The standard InChI is InChI=1S/C8H17NO2/c1-6(2)5-7(9)8-10-3-4-11-8/h6-8H,3-5,9H2,1-2H3/t7-/m0/s1. The van der Waals surface area contributed by atoms with E-state index in [2.05, 4.69) is 13.8 Å². The normalized spacial score (nSPS) is 22.9. The third-order valence-electron chi connectivity index (χ3n) is 1.74. The van der Waals surface area contributed by atoms with Crippen LogP contribution in [0.3, 0.4) is 0 Å². The van der Waals surface area contributed by atoms with Crippen LogP contribution in [-0.4, -0.2) is 25.5 Å². The highest BCUT2D eigenvalue weighted by atomic mass is 16.7. The molecule has 0 radical (unpaired) electrons. The Kier molecular flexibility index (Phi) is 3.30. The summed E-state index contributed by atoms with van der Waals surface area (Å²) >= 11 is 0. The first kappa shape index (κ1) is 8.97. The van der Waals surface area contributed by atoms with E-state index in [0.717, 1.165) is 6.42 Å². The van der Waals surface area contributed by atoms with Crippen LogP contribution in [-0.2, 0) is 9.47 Å². The van der Waals surface area contributed by atoms with Gasteiger partial charge in [0.05, 0.1) is 19.3 Å². The van der Waals surface area contributed by atoms with Gasteiger partial charge in [-0.25, -0.2) is 0 Å². The Balaban J connectivity index is 2.22. The molecule has 0 amide bonds. The lowest BCUT2D eigenvalue weighted by Crippen LogP contribution is -2.36. The number of ether oxygens (including phenoxy) is 2. The van der Waals surface area contributed by atoms with Crippen LogP contribution in [0.25, 0.3) is 0 Å². The molecule has 3 nitrogen and oxygen atoms in total. The summed E-state index contributed by atoms with van der Waals surface area (Å²) in [7, 11) is 0. The average molecular weight is 159 g/mol. The van der Waals surface area contributed by atoms with E-state index in [-0.39, 0.29) is 12.3 Å². The second-order valence-electron chi connectivity index (χ2n) is 3.40. The third-order valence-corrected chi connectivity index (χ3v) is 1.74. The molecule has 0 bridgehead atoms. The Morgan fingerprint density at radius 3 is 2.36 bits per heavy atom. The molecule has 11 heavy (non-hydrogen) atoms. The van der Waals surface area contributed by atoms with Crippen LogP contribution in [0.5, 0.6) is 0 Å². The van der Waals surface area contributed by atoms with Crippen molar-refractivity contribution < 1.29 is 9.47 Å². The van der Waals surface area contributed by atoms with Gasteiger partial charge in [0.25, 0.3) is 0 Å². The second kappa shape index (κ2) is 4.04. The van der Waals surface area contributed by atoms with Gasteiger partial charge in [-0.1, -0.05) is 13.8 Å². The zero-order valence-corrected chi connectivity index (χ0v) is 7.25. The molecular weight excluding hydrogens is 142 g/mol. The lowest BCUT2D eigenvalue weighted by molar-refractivity contribution is -0.0624. The van der Waals surface area contributed by atoms with E-state index in [4.69, 9.17) is 15.2 Å². The number of nitrogens with two attached hydrogens (primary N) is 1. The Hall–Kier alpha value is -0.120. The topological polar surface area (TPSA) is 44.5 Å². The first-order chi connectivity index (χ1) is 5.20. The molecule has 2 N–H and O–H groups in total. The molecule has 0 aromatic heterocycles. The second-order valence-corrected chi connectivity index (χ2v) is 3.40. The summed E-state index contributed by atoms with van der Waals surface area (Å²) in [5.74, 6) is 0.609. The molecule has 1 rings (SSSR count). The molecule has 66 valence electrons. The maximum Gasteiger partial charge on any atom is 0.172 e. The van der Waals surface area contributed by atoms with Crippen LogP contribution >= 0.6 is 0 Å². The Labute approximate surface area is 67.9 Å². The van der Waals surface area contributed by atoms with E-state index in [9.17, 15) is 0 Å². The highest BCUT2D eigenvalue weighted by Gasteiger charge is 2.23. The summed E-state index contributed by atoms with van der Waals surface area (Å²) in [4.78, 5) is 0. The zero-order chi connectivity index (χ0) is 8.27. The van der Waals surface area contributed by atoms with Crippen molar-refractivity contribution in [3.05, 3.63) is 0 Å². The van der Waals surface area contributed by atoms with Crippen molar-refractivity contribution in [1.29, 1.82) is 0 Å². The van der Waals surface area contributed by atoms with Gasteiger partial charge in [-0.05, 0) is 12.3 Å². The minimum absolute atomic E-state index is 0.0394. The predicted molar refractivity (Wildman–Crippen MR) is 43.1 cm³/mol. The Bertz CT molecular complexity index is 111. The average Bonchev–Trinajstić information content (AvgIpc) is 2.35. The van der Waals surface area contributed by atoms with Gasteiger partial charge in [-0.3, -0.25) is 0 Å². The van der Waals surface area contributed by atoms with Crippen molar-refractivity contribution in [2.75, 3.05) is 13.2 Å². The maximum absolute atomic E-state index is 5.83. The summed E-state index contributed by atoms with van der Waals surface area (Å²) in [6, 6.07) is 0.0394. The fraction of sp³-hybridized carbons (Fsp3) is 1.00. The number of hydrogen-bond acceptors (Lipinski definition) is 3. The van der Waals surface area contributed by atoms with Crippen molar-refractivity contribution in [3.8, 4) is 0 Å². The summed E-state index contributed by atoms with van der Waals surface area (Å²) in [6.07, 6.45) is 0.808. The highest BCUT2D eigenvalue weighted by Crippen LogP contribution is 2.13. The molecule has 1 fully saturated rings. The number of rotatable bonds is 3. The van der Waals surface area contributed by atoms with Crippen molar-refractivity contribution in [1.82, 2.24) is 0 Å². The molecule has 0 aromatic carbocycles. The zero-order valence-electron chi connectivity index (χ0n) is 7.25. The fourth-order valence-corrected chi connectivity index (χ4v) is 1.28. The smallest absolute Gasteiger partial charge is 0.172 e. The molecule has 0 aromatic rings. The molecular formula is C8H17NO2. The van der Waals surface area contributed by atoms with Crippen LogP contribution in [0.15, 0.2) is 0 Å². The third kappa shape index (κ3) is 2.77. The van der Waals surface area contributed by atoms with Crippen molar-refractivity contribution in [2.24, 2.45) is 11.7 Å². The molecule has 0 saturated carbocycles. The van der Waals surface area contributed by atoms with E-state index in [0.29, 0.717) is 19.1 Å². The van der Waals surface area contributed by atoms with Gasteiger partial charge in [-0.2, -0.15) is 0 Å². The minimum atomic E-state index is -0.155. The first-order valence-corrected chi connectivity index (χ1v) is 4.19. The van der Waals surface area contributed by atoms with Gasteiger partial charge in [0, 0.05) is 0 Å². The molecule has 3 heteroatoms. The van der Waals surface area contributed by atoms with Gasteiger partial charge in [0.1, 0.15) is 0 Å². The van der Waals surface area contributed by atoms with E-state index in [1.807, 2.05) is 0 Å². The van der Waals surface area contributed by atoms with E-state index >= 15 is 0 Å². The Morgan fingerprint density at radius 2 is 1.91 bits per heavy atom. The summed E-state index contributed by atoms with van der Waals surface area (Å²) in [6.45, 7) is 5.68. The van der Waals surface area contributed by atoms with Crippen LogP contribution in [0.1, 0.15) is 20.3 Å². The largest absolute Gasteiger partial charge is 0.349 e. The van der Waals surface area contributed by atoms with Crippen molar-refractivity contribution in [3.63, 3.8) is 0 Å². The van der Waals surface area contributed by atoms with Crippen LogP contribution in [0, 0.1) is 5.92 Å². The van der Waals surface area contributed by atoms with E-state index in [1.165, 1.54) is 0 Å². The minimum Gasteiger partial charge on any atom is -0.349 e. The molecule has 1 aliphatic rings. The van der Waals surface area contributed by atoms with Crippen LogP contribution in [0.2, 0.25) is 0 Å². The number of hydrogen-bond donors (Lipinski definition) is 1. The van der Waals surface area contributed by atoms with Gasteiger partial charge in [0.2, 0.25) is 0 Å². The molecule has 1 atom stereocenters. The maximum atomic E-state index is 5.83.